The maximum absolute atomic E-state index is 12.7. The molecule has 35 heavy (non-hydrogen) atoms. The molecule has 0 aliphatic heterocycles. The van der Waals surface area contributed by atoms with E-state index in [-0.39, 0.29) is 18.0 Å². The highest BCUT2D eigenvalue weighted by atomic mass is 16.5. The summed E-state index contributed by atoms with van der Waals surface area (Å²) in [6.45, 7) is 5.65. The topological polar surface area (TPSA) is 126 Å². The molecular weight excluding hydrogens is 448 g/mol. The quantitative estimate of drug-likeness (QED) is 0.312. The fraction of sp³-hybridized carbons (Fsp3) is 0.333. The van der Waals surface area contributed by atoms with Crippen molar-refractivity contribution >= 4 is 23.7 Å². The molecule has 0 fully saturated rings. The predicted molar refractivity (Wildman–Crippen MR) is 134 cm³/mol. The predicted octanol–water partition coefficient (Wildman–Crippen LogP) is 1.98. The molecule has 0 atom stereocenters. The molecule has 2 aromatic rings. The highest BCUT2D eigenvalue weighted by Gasteiger charge is 2.14. The lowest BCUT2D eigenvalue weighted by molar-refractivity contribution is -0.371. The second-order valence-electron chi connectivity index (χ2n) is 7.90. The average Bonchev–Trinajstić information content (AvgIpc) is 2.86. The molecule has 0 heterocycles. The second-order valence-corrected chi connectivity index (χ2v) is 7.90. The average molecular weight is 485 g/mol. The van der Waals surface area contributed by atoms with Crippen LogP contribution in [0.3, 0.4) is 0 Å². The van der Waals surface area contributed by atoms with Crippen molar-refractivity contribution in [3.8, 4) is 23.0 Å². The minimum absolute atomic E-state index is 0.214. The van der Waals surface area contributed by atoms with Gasteiger partial charge in [0.1, 0.15) is 26.3 Å². The molecule has 0 bridgehead atoms. The Hall–Kier alpha value is -3.62. The normalized spacial score (nSPS) is 11.7. The number of allylic oxidation sites excluding steroid dienone is 2. The molecule has 188 valence electrons. The summed E-state index contributed by atoms with van der Waals surface area (Å²) in [7, 11) is 3.12. The Labute approximate surface area is 206 Å². The Bertz CT molecular complexity index is 1010. The van der Waals surface area contributed by atoms with Gasteiger partial charge < -0.3 is 30.4 Å². The van der Waals surface area contributed by atoms with Crippen molar-refractivity contribution in [2.24, 2.45) is 0 Å². The van der Waals surface area contributed by atoms with Gasteiger partial charge in [0.05, 0.1) is 20.6 Å². The van der Waals surface area contributed by atoms with E-state index in [9.17, 15) is 9.59 Å². The Morgan fingerprint density at radius 2 is 1.11 bits per heavy atom. The van der Waals surface area contributed by atoms with Crippen LogP contribution in [0.1, 0.15) is 31.4 Å². The molecule has 6 N–H and O–H groups in total. The van der Waals surface area contributed by atoms with Gasteiger partial charge in [-0.3, -0.25) is 9.59 Å². The van der Waals surface area contributed by atoms with Crippen LogP contribution in [-0.4, -0.2) is 52.1 Å². The van der Waals surface area contributed by atoms with Crippen LogP contribution in [0.4, 0.5) is 0 Å². The molecule has 2 aromatic carbocycles. The largest absolute Gasteiger partial charge is 0.493 e. The van der Waals surface area contributed by atoms with Gasteiger partial charge in [0.25, 0.3) is 0 Å². The summed E-state index contributed by atoms with van der Waals surface area (Å²) in [5.41, 5.74) is 10.0. The zero-order valence-electron chi connectivity index (χ0n) is 21.0. The summed E-state index contributed by atoms with van der Waals surface area (Å²) < 4.78 is 22.0. The van der Waals surface area contributed by atoms with Crippen molar-refractivity contribution in [1.82, 2.24) is 0 Å². The van der Waals surface area contributed by atoms with Crippen molar-refractivity contribution in [3.63, 3.8) is 0 Å². The van der Waals surface area contributed by atoms with Crippen LogP contribution in [0, 0.1) is 0 Å². The van der Waals surface area contributed by atoms with Gasteiger partial charge in [-0.25, -0.2) is 0 Å². The molecule has 0 saturated carbocycles. The van der Waals surface area contributed by atoms with Gasteiger partial charge in [-0.15, -0.1) is 0 Å². The first-order chi connectivity index (χ1) is 16.8. The summed E-state index contributed by atoms with van der Waals surface area (Å²) in [5, 5.41) is 0. The third-order valence-corrected chi connectivity index (χ3v) is 5.15. The second kappa shape index (κ2) is 13.9. The van der Waals surface area contributed by atoms with Gasteiger partial charge in [-0.05, 0) is 72.5 Å². The van der Waals surface area contributed by atoms with Gasteiger partial charge in [0.15, 0.2) is 34.6 Å². The molecule has 0 aliphatic rings. The van der Waals surface area contributed by atoms with E-state index in [2.05, 4.69) is 11.5 Å². The van der Waals surface area contributed by atoms with Crippen LogP contribution in [0.5, 0.6) is 23.0 Å². The number of ketones is 2. The third-order valence-electron chi connectivity index (χ3n) is 5.15. The Morgan fingerprint density at radius 3 is 1.46 bits per heavy atom. The molecule has 0 aliphatic carbocycles. The molecule has 8 heteroatoms. The van der Waals surface area contributed by atoms with E-state index in [4.69, 9.17) is 18.9 Å². The first-order valence-electron chi connectivity index (χ1n) is 11.5. The highest BCUT2D eigenvalue weighted by Crippen LogP contribution is 2.30. The Balaban J connectivity index is 2.10. The number of methoxy groups -OCH3 is 2. The van der Waals surface area contributed by atoms with E-state index in [0.29, 0.717) is 60.4 Å². The van der Waals surface area contributed by atoms with E-state index in [1.54, 1.807) is 64.5 Å². The Kier molecular flexibility index (Phi) is 11.0. The van der Waals surface area contributed by atoms with Gasteiger partial charge in [0.2, 0.25) is 0 Å². The van der Waals surface area contributed by atoms with Gasteiger partial charge >= 0.3 is 0 Å². The summed E-state index contributed by atoms with van der Waals surface area (Å²) in [6.07, 6.45) is 3.25. The molecule has 0 spiro atoms. The maximum atomic E-state index is 12.7. The van der Waals surface area contributed by atoms with Crippen molar-refractivity contribution in [1.29, 1.82) is 0 Å². The van der Waals surface area contributed by atoms with Crippen LogP contribution in [0.2, 0.25) is 0 Å². The number of hydrogen-bond acceptors (Lipinski definition) is 6. The summed E-state index contributed by atoms with van der Waals surface area (Å²) in [4.78, 5) is 25.4. The number of carbonyl (C=O) groups excluding carboxylic acids is 2. The lowest BCUT2D eigenvalue weighted by atomic mass is 10.00. The van der Waals surface area contributed by atoms with Crippen LogP contribution < -0.4 is 30.4 Å². The molecular formula is C27H36N2O6+2. The summed E-state index contributed by atoms with van der Waals surface area (Å²) in [6, 6.07) is 10.8. The lowest BCUT2D eigenvalue weighted by Gasteiger charge is -2.10. The number of Topliss-reactive ketones (excluding diaryl/α,β-unsaturated/α-hetero) is 2. The minimum atomic E-state index is -0.242. The molecule has 2 rings (SSSR count). The lowest BCUT2D eigenvalue weighted by Crippen LogP contribution is -2.52. The SMILES string of the molecule is COc1cc(/C=C(\C)C(=O)CC(=O)/C(C)=C/c2ccc(OCC[NH3+])c(OC)c2)ccc1OCC[NH3+]. The zero-order chi connectivity index (χ0) is 25.8. The molecule has 0 saturated heterocycles. The molecule has 0 aromatic heterocycles. The Morgan fingerprint density at radius 1 is 0.714 bits per heavy atom. The van der Waals surface area contributed by atoms with Crippen LogP contribution in [-0.2, 0) is 9.59 Å². The first kappa shape index (κ1) is 27.6. The molecule has 8 nitrogen and oxygen atoms in total. The fourth-order valence-corrected chi connectivity index (χ4v) is 3.24. The number of carbonyl (C=O) groups is 2. The summed E-state index contributed by atoms with van der Waals surface area (Å²) >= 11 is 0. The third kappa shape index (κ3) is 8.27. The van der Waals surface area contributed by atoms with Gasteiger partial charge in [0, 0.05) is 0 Å². The summed E-state index contributed by atoms with van der Waals surface area (Å²) in [5.74, 6) is 1.89. The van der Waals surface area contributed by atoms with E-state index >= 15 is 0 Å². The first-order valence-corrected chi connectivity index (χ1v) is 11.5. The van der Waals surface area contributed by atoms with Crippen LogP contribution in [0.25, 0.3) is 12.2 Å². The number of rotatable bonds is 14. The van der Waals surface area contributed by atoms with Crippen molar-refractivity contribution in [2.75, 3.05) is 40.5 Å². The standard InChI is InChI=1S/C27H34N2O6/c1-18(13-20-5-7-24(34-11-9-28)26(15-20)32-3)22(30)17-23(31)19(2)14-21-6-8-25(35-12-10-29)27(16-21)33-4/h5-8,13-16H,9-12,17,28-29H2,1-4H3/p+2/b18-13+,19-14+. The molecule has 0 unspecified atom stereocenters. The van der Waals surface area contributed by atoms with E-state index < -0.39 is 0 Å². The maximum Gasteiger partial charge on any atom is 0.166 e. The zero-order valence-corrected chi connectivity index (χ0v) is 21.0. The number of quaternary nitrogens is 2. The van der Waals surface area contributed by atoms with Gasteiger partial charge in [-0.1, -0.05) is 12.1 Å². The highest BCUT2D eigenvalue weighted by molar-refractivity contribution is 6.15. The number of hydrogen-bond donors (Lipinski definition) is 2. The van der Waals surface area contributed by atoms with E-state index in [1.165, 1.54) is 0 Å². The number of benzene rings is 2. The molecule has 0 radical (unpaired) electrons. The fourth-order valence-electron chi connectivity index (χ4n) is 3.24. The molecule has 0 amide bonds. The number of ether oxygens (including phenoxy) is 4. The minimum Gasteiger partial charge on any atom is -0.493 e. The van der Waals surface area contributed by atoms with Crippen molar-refractivity contribution in [2.45, 2.75) is 20.3 Å². The van der Waals surface area contributed by atoms with Crippen LogP contribution >= 0.6 is 0 Å². The van der Waals surface area contributed by atoms with Crippen LogP contribution in [0.15, 0.2) is 47.5 Å². The van der Waals surface area contributed by atoms with Gasteiger partial charge in [-0.2, -0.15) is 0 Å². The van der Waals surface area contributed by atoms with Crippen molar-refractivity contribution in [3.05, 3.63) is 58.7 Å². The van der Waals surface area contributed by atoms with E-state index in [0.717, 1.165) is 11.1 Å². The van der Waals surface area contributed by atoms with E-state index in [1.807, 2.05) is 12.1 Å². The monoisotopic (exact) mass is 484 g/mol. The smallest absolute Gasteiger partial charge is 0.166 e. The van der Waals surface area contributed by atoms with Crippen molar-refractivity contribution < 1.29 is 40.0 Å².